The number of carbonyl (C=O) groups is 2. The molecule has 0 spiro atoms. The second kappa shape index (κ2) is 8.72. The van der Waals surface area contributed by atoms with Crippen molar-refractivity contribution in [3.8, 4) is 5.75 Å². The van der Waals surface area contributed by atoms with E-state index >= 15 is 0 Å². The van der Waals surface area contributed by atoms with Gasteiger partial charge in [-0.2, -0.15) is 0 Å². The Bertz CT molecular complexity index is 684. The van der Waals surface area contributed by atoms with Crippen LogP contribution >= 0.6 is 0 Å². The van der Waals surface area contributed by atoms with Crippen molar-refractivity contribution in [2.45, 2.75) is 20.3 Å². The second-order valence-corrected chi connectivity index (χ2v) is 5.80. The molecule has 0 radical (unpaired) electrons. The summed E-state index contributed by atoms with van der Waals surface area (Å²) >= 11 is 0. The maximum atomic E-state index is 12.3. The molecule has 0 saturated carbocycles. The van der Waals surface area contributed by atoms with Crippen LogP contribution in [0.25, 0.3) is 0 Å². The van der Waals surface area contributed by atoms with Crippen molar-refractivity contribution >= 4 is 11.8 Å². The van der Waals surface area contributed by atoms with E-state index < -0.39 is 5.91 Å². The smallest absolute Gasteiger partial charge is 0.273 e. The summed E-state index contributed by atoms with van der Waals surface area (Å²) in [6, 6.07) is 15.6. The molecule has 2 aromatic carbocycles. The molecule has 126 valence electrons. The summed E-state index contributed by atoms with van der Waals surface area (Å²) in [5.74, 6) is 0.238. The Morgan fingerprint density at radius 3 is 2.25 bits per heavy atom. The van der Waals surface area contributed by atoms with Gasteiger partial charge in [-0.05, 0) is 36.6 Å². The highest BCUT2D eigenvalue weighted by Gasteiger charge is 2.13. The normalized spacial score (nSPS) is 10.3. The number of rotatable bonds is 6. The molecule has 2 N–H and O–H groups in total. The summed E-state index contributed by atoms with van der Waals surface area (Å²) in [7, 11) is 0. The monoisotopic (exact) mass is 326 g/mol. The zero-order valence-electron chi connectivity index (χ0n) is 13.9. The standard InChI is InChI=1S/C19H22N2O3/c1-14(2)12-13-24-17-11-7-6-10-16(17)19(23)21-20-18(22)15-8-4-3-5-9-15/h3-11,14H,12-13H2,1-2H3,(H,20,22)(H,21,23). The minimum Gasteiger partial charge on any atom is -0.493 e. The Morgan fingerprint density at radius 1 is 0.917 bits per heavy atom. The summed E-state index contributed by atoms with van der Waals surface area (Å²) < 4.78 is 5.69. The highest BCUT2D eigenvalue weighted by atomic mass is 16.5. The van der Waals surface area contributed by atoms with Crippen LogP contribution in [0.1, 0.15) is 41.0 Å². The van der Waals surface area contributed by atoms with Crippen molar-refractivity contribution in [2.75, 3.05) is 6.61 Å². The summed E-state index contributed by atoms with van der Waals surface area (Å²) in [5.41, 5.74) is 5.68. The number of hydrogen-bond donors (Lipinski definition) is 2. The lowest BCUT2D eigenvalue weighted by molar-refractivity contribution is 0.0844. The molecule has 2 rings (SSSR count). The molecule has 0 bridgehead atoms. The van der Waals surface area contributed by atoms with E-state index in [1.165, 1.54) is 0 Å². The van der Waals surface area contributed by atoms with Crippen LogP contribution in [0.5, 0.6) is 5.75 Å². The van der Waals surface area contributed by atoms with Crippen LogP contribution in [0.2, 0.25) is 0 Å². The third-order valence-corrected chi connectivity index (χ3v) is 3.41. The number of hydrazine groups is 1. The van der Waals surface area contributed by atoms with Crippen molar-refractivity contribution in [3.05, 3.63) is 65.7 Å². The van der Waals surface area contributed by atoms with Gasteiger partial charge in [-0.15, -0.1) is 0 Å². The molecule has 0 aromatic heterocycles. The van der Waals surface area contributed by atoms with Gasteiger partial charge in [0.1, 0.15) is 5.75 Å². The molecule has 0 aliphatic rings. The van der Waals surface area contributed by atoms with Gasteiger partial charge >= 0.3 is 0 Å². The molecular formula is C19H22N2O3. The Hall–Kier alpha value is -2.82. The van der Waals surface area contributed by atoms with E-state index in [2.05, 4.69) is 24.7 Å². The quantitative estimate of drug-likeness (QED) is 0.801. The average Bonchev–Trinajstić information content (AvgIpc) is 2.60. The maximum absolute atomic E-state index is 12.3. The summed E-state index contributed by atoms with van der Waals surface area (Å²) in [6.07, 6.45) is 0.903. The molecule has 5 nitrogen and oxygen atoms in total. The average molecular weight is 326 g/mol. The topological polar surface area (TPSA) is 67.4 Å². The number of carbonyl (C=O) groups excluding carboxylic acids is 2. The zero-order chi connectivity index (χ0) is 17.4. The second-order valence-electron chi connectivity index (χ2n) is 5.80. The van der Waals surface area contributed by atoms with Gasteiger partial charge in [-0.25, -0.2) is 0 Å². The zero-order valence-corrected chi connectivity index (χ0v) is 13.9. The van der Waals surface area contributed by atoms with Gasteiger partial charge in [0.2, 0.25) is 0 Å². The summed E-state index contributed by atoms with van der Waals surface area (Å²) in [4.78, 5) is 24.2. The highest BCUT2D eigenvalue weighted by Crippen LogP contribution is 2.18. The molecule has 2 amide bonds. The number of ether oxygens (including phenoxy) is 1. The first-order chi connectivity index (χ1) is 11.6. The van der Waals surface area contributed by atoms with Gasteiger partial charge in [0, 0.05) is 5.56 Å². The molecule has 24 heavy (non-hydrogen) atoms. The van der Waals surface area contributed by atoms with Crippen LogP contribution < -0.4 is 15.6 Å². The first-order valence-electron chi connectivity index (χ1n) is 7.95. The number of benzene rings is 2. The molecule has 2 aromatic rings. The Kier molecular flexibility index (Phi) is 6.37. The predicted molar refractivity (Wildman–Crippen MR) is 92.8 cm³/mol. The van der Waals surface area contributed by atoms with Crippen LogP contribution in [0.4, 0.5) is 0 Å². The molecule has 0 saturated heterocycles. The largest absolute Gasteiger partial charge is 0.493 e. The fourth-order valence-electron chi connectivity index (χ4n) is 2.03. The Balaban J connectivity index is 1.96. The van der Waals surface area contributed by atoms with Gasteiger partial charge in [-0.1, -0.05) is 44.2 Å². The van der Waals surface area contributed by atoms with Gasteiger partial charge in [0.15, 0.2) is 0 Å². The van der Waals surface area contributed by atoms with Gasteiger partial charge < -0.3 is 4.74 Å². The number of hydrogen-bond acceptors (Lipinski definition) is 3. The third-order valence-electron chi connectivity index (χ3n) is 3.41. The Labute approximate surface area is 142 Å². The minimum absolute atomic E-state index is 0.373. The van der Waals surface area contributed by atoms with E-state index in [1.54, 1.807) is 42.5 Å². The van der Waals surface area contributed by atoms with Crippen molar-refractivity contribution in [1.29, 1.82) is 0 Å². The molecule has 5 heteroatoms. The van der Waals surface area contributed by atoms with Crippen LogP contribution in [0, 0.1) is 5.92 Å². The lowest BCUT2D eigenvalue weighted by Gasteiger charge is -2.13. The molecule has 0 aliphatic heterocycles. The maximum Gasteiger partial charge on any atom is 0.273 e. The molecule has 0 atom stereocenters. The van der Waals surface area contributed by atoms with Gasteiger partial charge in [-0.3, -0.25) is 20.4 Å². The van der Waals surface area contributed by atoms with Gasteiger partial charge in [0.25, 0.3) is 11.8 Å². The van der Waals surface area contributed by atoms with E-state index in [9.17, 15) is 9.59 Å². The molecule has 0 unspecified atom stereocenters. The lowest BCUT2D eigenvalue weighted by atomic mass is 10.1. The molecular weight excluding hydrogens is 304 g/mol. The van der Waals surface area contributed by atoms with E-state index in [0.717, 1.165) is 6.42 Å². The number of para-hydroxylation sites is 1. The predicted octanol–water partition coefficient (Wildman–Crippen LogP) is 3.19. The highest BCUT2D eigenvalue weighted by molar-refractivity contribution is 6.00. The summed E-state index contributed by atoms with van der Waals surface area (Å²) in [5, 5.41) is 0. The first-order valence-corrected chi connectivity index (χ1v) is 7.95. The van der Waals surface area contributed by atoms with Crippen molar-refractivity contribution in [3.63, 3.8) is 0 Å². The summed E-state index contributed by atoms with van der Waals surface area (Å²) in [6.45, 7) is 4.76. The van der Waals surface area contributed by atoms with Crippen LogP contribution in [-0.4, -0.2) is 18.4 Å². The Morgan fingerprint density at radius 2 is 1.54 bits per heavy atom. The van der Waals surface area contributed by atoms with Crippen molar-refractivity contribution in [2.24, 2.45) is 5.92 Å². The molecule has 0 fully saturated rings. The van der Waals surface area contributed by atoms with E-state index in [1.807, 2.05) is 12.1 Å². The molecule has 0 aliphatic carbocycles. The van der Waals surface area contributed by atoms with E-state index in [0.29, 0.717) is 29.4 Å². The van der Waals surface area contributed by atoms with Gasteiger partial charge in [0.05, 0.1) is 12.2 Å². The SMILES string of the molecule is CC(C)CCOc1ccccc1C(=O)NNC(=O)c1ccccc1. The molecule has 0 heterocycles. The van der Waals surface area contributed by atoms with E-state index in [4.69, 9.17) is 4.74 Å². The first kappa shape index (κ1) is 17.5. The van der Waals surface area contributed by atoms with Crippen LogP contribution in [0.3, 0.4) is 0 Å². The number of nitrogens with one attached hydrogen (secondary N) is 2. The minimum atomic E-state index is -0.417. The van der Waals surface area contributed by atoms with E-state index in [-0.39, 0.29) is 5.91 Å². The lowest BCUT2D eigenvalue weighted by Crippen LogP contribution is -2.41. The van der Waals surface area contributed by atoms with Crippen molar-refractivity contribution < 1.29 is 14.3 Å². The van der Waals surface area contributed by atoms with Crippen LogP contribution in [0.15, 0.2) is 54.6 Å². The fraction of sp³-hybridized carbons (Fsp3) is 0.263. The number of amides is 2. The third kappa shape index (κ3) is 5.12. The van der Waals surface area contributed by atoms with Crippen LogP contribution in [-0.2, 0) is 0 Å². The fourth-order valence-corrected chi connectivity index (χ4v) is 2.03. The van der Waals surface area contributed by atoms with Crippen molar-refractivity contribution in [1.82, 2.24) is 10.9 Å².